The third-order valence-electron chi connectivity index (χ3n) is 3.39. The van der Waals surface area contributed by atoms with Gasteiger partial charge >= 0.3 is 5.97 Å². The van der Waals surface area contributed by atoms with Crippen LogP contribution in [0.15, 0.2) is 0 Å². The fourth-order valence-corrected chi connectivity index (χ4v) is 2.05. The SMILES string of the molecule is O=CN1CCN(CC2(C(=O)O)CC2)CC1. The quantitative estimate of drug-likeness (QED) is 0.646. The van der Waals surface area contributed by atoms with Crippen molar-refractivity contribution in [2.75, 3.05) is 32.7 Å². The van der Waals surface area contributed by atoms with Gasteiger partial charge in [-0.1, -0.05) is 0 Å². The van der Waals surface area contributed by atoms with Crippen LogP contribution in [0, 0.1) is 5.41 Å². The first kappa shape index (κ1) is 10.4. The van der Waals surface area contributed by atoms with Crippen LogP contribution in [-0.2, 0) is 9.59 Å². The van der Waals surface area contributed by atoms with Crippen molar-refractivity contribution in [2.45, 2.75) is 12.8 Å². The monoisotopic (exact) mass is 212 g/mol. The van der Waals surface area contributed by atoms with E-state index in [1.165, 1.54) is 0 Å². The molecule has 1 amide bonds. The second-order valence-electron chi connectivity index (χ2n) is 4.50. The van der Waals surface area contributed by atoms with Gasteiger partial charge < -0.3 is 10.0 Å². The second kappa shape index (κ2) is 3.81. The molecule has 0 spiro atoms. The Morgan fingerprint density at radius 2 is 1.87 bits per heavy atom. The van der Waals surface area contributed by atoms with Gasteiger partial charge in [0, 0.05) is 32.7 Å². The molecule has 1 aliphatic heterocycles. The minimum Gasteiger partial charge on any atom is -0.481 e. The van der Waals surface area contributed by atoms with E-state index in [1.807, 2.05) is 0 Å². The molecule has 1 saturated heterocycles. The van der Waals surface area contributed by atoms with E-state index in [-0.39, 0.29) is 0 Å². The normalized spacial score (nSPS) is 24.9. The van der Waals surface area contributed by atoms with Crippen LogP contribution in [0.3, 0.4) is 0 Å². The molecule has 1 saturated carbocycles. The molecule has 1 heterocycles. The molecule has 1 N–H and O–H groups in total. The van der Waals surface area contributed by atoms with Crippen molar-refractivity contribution in [2.24, 2.45) is 5.41 Å². The lowest BCUT2D eigenvalue weighted by molar-refractivity contribution is -0.144. The lowest BCUT2D eigenvalue weighted by atomic mass is 10.1. The Balaban J connectivity index is 1.82. The molecule has 15 heavy (non-hydrogen) atoms. The fraction of sp³-hybridized carbons (Fsp3) is 0.800. The summed E-state index contributed by atoms with van der Waals surface area (Å²) in [5.74, 6) is -0.666. The van der Waals surface area contributed by atoms with Crippen LogP contribution in [0.25, 0.3) is 0 Å². The van der Waals surface area contributed by atoms with Gasteiger partial charge in [-0.3, -0.25) is 14.5 Å². The number of rotatable bonds is 4. The molecule has 2 rings (SSSR count). The molecule has 0 atom stereocenters. The average Bonchev–Trinajstić information content (AvgIpc) is 3.00. The molecular weight excluding hydrogens is 196 g/mol. The Kier molecular flexibility index (Phi) is 2.65. The van der Waals surface area contributed by atoms with Crippen LogP contribution >= 0.6 is 0 Å². The highest BCUT2D eigenvalue weighted by Crippen LogP contribution is 2.46. The highest BCUT2D eigenvalue weighted by atomic mass is 16.4. The van der Waals surface area contributed by atoms with Crippen LogP contribution in [0.5, 0.6) is 0 Å². The third kappa shape index (κ3) is 2.12. The summed E-state index contributed by atoms with van der Waals surface area (Å²) in [5.41, 5.74) is -0.469. The molecule has 0 bridgehead atoms. The molecule has 84 valence electrons. The predicted molar refractivity (Wildman–Crippen MR) is 53.4 cm³/mol. The molecule has 1 aliphatic carbocycles. The Hall–Kier alpha value is -1.10. The number of aliphatic carboxylic acids is 1. The first-order chi connectivity index (χ1) is 7.16. The van der Waals surface area contributed by atoms with Crippen LogP contribution in [0.4, 0.5) is 0 Å². The van der Waals surface area contributed by atoms with E-state index in [9.17, 15) is 9.59 Å². The van der Waals surface area contributed by atoms with Gasteiger partial charge in [0.25, 0.3) is 0 Å². The summed E-state index contributed by atoms with van der Waals surface area (Å²) in [4.78, 5) is 25.4. The zero-order chi connectivity index (χ0) is 10.9. The molecule has 0 unspecified atom stereocenters. The molecule has 0 aromatic rings. The van der Waals surface area contributed by atoms with E-state index in [4.69, 9.17) is 5.11 Å². The number of carboxylic acid groups (broad SMARTS) is 1. The fourth-order valence-electron chi connectivity index (χ4n) is 2.05. The summed E-state index contributed by atoms with van der Waals surface area (Å²) in [5, 5.41) is 9.04. The highest BCUT2D eigenvalue weighted by Gasteiger charge is 2.51. The Labute approximate surface area is 88.6 Å². The van der Waals surface area contributed by atoms with E-state index < -0.39 is 11.4 Å². The molecule has 5 nitrogen and oxygen atoms in total. The predicted octanol–water partition coefficient (Wildman–Crippen LogP) is -0.375. The van der Waals surface area contributed by atoms with Crippen molar-refractivity contribution in [1.29, 1.82) is 0 Å². The topological polar surface area (TPSA) is 60.9 Å². The van der Waals surface area contributed by atoms with Crippen molar-refractivity contribution >= 4 is 12.4 Å². The molecule has 0 radical (unpaired) electrons. The zero-order valence-corrected chi connectivity index (χ0v) is 8.69. The summed E-state index contributed by atoms with van der Waals surface area (Å²) in [6.45, 7) is 3.69. The van der Waals surface area contributed by atoms with Gasteiger partial charge in [0.05, 0.1) is 5.41 Å². The van der Waals surface area contributed by atoms with Gasteiger partial charge in [0.1, 0.15) is 0 Å². The van der Waals surface area contributed by atoms with Crippen LogP contribution < -0.4 is 0 Å². The third-order valence-corrected chi connectivity index (χ3v) is 3.39. The number of carbonyl (C=O) groups is 2. The maximum absolute atomic E-state index is 11.0. The van der Waals surface area contributed by atoms with Gasteiger partial charge in [-0.05, 0) is 12.8 Å². The summed E-state index contributed by atoms with van der Waals surface area (Å²) in [7, 11) is 0. The summed E-state index contributed by atoms with van der Waals surface area (Å²) in [6, 6.07) is 0. The van der Waals surface area contributed by atoms with Crippen molar-refractivity contribution in [1.82, 2.24) is 9.80 Å². The van der Waals surface area contributed by atoms with Crippen molar-refractivity contribution in [3.05, 3.63) is 0 Å². The Morgan fingerprint density at radius 3 is 2.27 bits per heavy atom. The summed E-state index contributed by atoms with van der Waals surface area (Å²) >= 11 is 0. The smallest absolute Gasteiger partial charge is 0.310 e. The second-order valence-corrected chi connectivity index (χ2v) is 4.50. The molecule has 2 fully saturated rings. The van der Waals surface area contributed by atoms with Crippen molar-refractivity contribution in [3.63, 3.8) is 0 Å². The minimum atomic E-state index is -0.666. The minimum absolute atomic E-state index is 0.469. The average molecular weight is 212 g/mol. The molecule has 0 aromatic heterocycles. The molecule has 0 aromatic carbocycles. The molecule has 5 heteroatoms. The standard InChI is InChI=1S/C10H16N2O3/c13-8-12-5-3-11(4-6-12)7-10(1-2-10)9(14)15/h8H,1-7H2,(H,14,15). The molecular formula is C10H16N2O3. The zero-order valence-electron chi connectivity index (χ0n) is 8.69. The van der Waals surface area contributed by atoms with Gasteiger partial charge in [0.2, 0.25) is 6.41 Å². The number of carbonyl (C=O) groups excluding carboxylic acids is 1. The summed E-state index contributed by atoms with van der Waals surface area (Å²) in [6.07, 6.45) is 2.47. The number of amides is 1. The lowest BCUT2D eigenvalue weighted by Gasteiger charge is -2.33. The van der Waals surface area contributed by atoms with E-state index in [2.05, 4.69) is 4.90 Å². The van der Waals surface area contributed by atoms with Gasteiger partial charge in [-0.2, -0.15) is 0 Å². The van der Waals surface area contributed by atoms with E-state index in [1.54, 1.807) is 4.90 Å². The van der Waals surface area contributed by atoms with E-state index in [0.29, 0.717) is 6.54 Å². The largest absolute Gasteiger partial charge is 0.481 e. The van der Waals surface area contributed by atoms with E-state index in [0.717, 1.165) is 45.4 Å². The maximum Gasteiger partial charge on any atom is 0.310 e. The first-order valence-corrected chi connectivity index (χ1v) is 5.31. The highest BCUT2D eigenvalue weighted by molar-refractivity contribution is 5.78. The first-order valence-electron chi connectivity index (χ1n) is 5.31. The Morgan fingerprint density at radius 1 is 1.27 bits per heavy atom. The number of hydrogen-bond donors (Lipinski definition) is 1. The molecule has 2 aliphatic rings. The van der Waals surface area contributed by atoms with Crippen LogP contribution in [0.2, 0.25) is 0 Å². The van der Waals surface area contributed by atoms with Crippen LogP contribution in [0.1, 0.15) is 12.8 Å². The number of carboxylic acids is 1. The number of nitrogens with zero attached hydrogens (tertiary/aromatic N) is 2. The van der Waals surface area contributed by atoms with Gasteiger partial charge in [-0.25, -0.2) is 0 Å². The van der Waals surface area contributed by atoms with Crippen molar-refractivity contribution < 1.29 is 14.7 Å². The summed E-state index contributed by atoms with van der Waals surface area (Å²) < 4.78 is 0. The van der Waals surface area contributed by atoms with E-state index >= 15 is 0 Å². The van der Waals surface area contributed by atoms with Crippen molar-refractivity contribution in [3.8, 4) is 0 Å². The van der Waals surface area contributed by atoms with Gasteiger partial charge in [-0.15, -0.1) is 0 Å². The lowest BCUT2D eigenvalue weighted by Crippen LogP contribution is -2.48. The van der Waals surface area contributed by atoms with Crippen LogP contribution in [-0.4, -0.2) is 60.0 Å². The Bertz CT molecular complexity index is 268. The van der Waals surface area contributed by atoms with Gasteiger partial charge in [0.15, 0.2) is 0 Å². The number of hydrogen-bond acceptors (Lipinski definition) is 3. The maximum atomic E-state index is 11.0. The number of piperazine rings is 1.